The summed E-state index contributed by atoms with van der Waals surface area (Å²) in [7, 11) is 1.34. The number of fused-ring (bicyclic) bond motifs is 1. The van der Waals surface area contributed by atoms with Gasteiger partial charge in [0.15, 0.2) is 5.75 Å². The molecule has 0 spiro atoms. The molecular weight excluding hydrogens is 296 g/mol. The van der Waals surface area contributed by atoms with Crippen LogP contribution in [-0.2, 0) is 0 Å². The smallest absolute Gasteiger partial charge is 0.310 e. The predicted octanol–water partition coefficient (Wildman–Crippen LogP) is 3.40. The number of carbonyl (C=O) groups is 1. The number of ketones is 1. The van der Waals surface area contributed by atoms with Crippen molar-refractivity contribution >= 4 is 17.0 Å². The fourth-order valence-electron chi connectivity index (χ4n) is 2.65. The Hall–Kier alpha value is -3.15. The van der Waals surface area contributed by atoms with Gasteiger partial charge in [0, 0.05) is 23.3 Å². The Balaban J connectivity index is 2.13. The molecule has 0 N–H and O–H groups in total. The second-order valence-corrected chi connectivity index (χ2v) is 5.14. The number of rotatable bonds is 4. The van der Waals surface area contributed by atoms with Crippen molar-refractivity contribution < 1.29 is 14.5 Å². The summed E-state index contributed by atoms with van der Waals surface area (Å²) in [5.74, 6) is -0.138. The number of hydrogen-bond donors (Lipinski definition) is 0. The van der Waals surface area contributed by atoms with E-state index in [2.05, 4.69) is 0 Å². The van der Waals surface area contributed by atoms with Crippen LogP contribution in [0.1, 0.15) is 21.6 Å². The molecule has 23 heavy (non-hydrogen) atoms. The van der Waals surface area contributed by atoms with Gasteiger partial charge in [0.2, 0.25) is 5.78 Å². The van der Waals surface area contributed by atoms with E-state index in [1.807, 2.05) is 41.8 Å². The van der Waals surface area contributed by atoms with Crippen LogP contribution >= 0.6 is 0 Å². The lowest BCUT2D eigenvalue weighted by Crippen LogP contribution is -2.07. The summed E-state index contributed by atoms with van der Waals surface area (Å²) in [6, 6.07) is 11.7. The average molecular weight is 310 g/mol. The maximum atomic E-state index is 12.8. The summed E-state index contributed by atoms with van der Waals surface area (Å²) in [5, 5.41) is 11.0. The first-order chi connectivity index (χ1) is 11.0. The van der Waals surface area contributed by atoms with Crippen molar-refractivity contribution in [3.8, 4) is 5.75 Å². The molecule has 0 atom stereocenters. The van der Waals surface area contributed by atoms with Gasteiger partial charge in [-0.1, -0.05) is 6.07 Å². The zero-order chi connectivity index (χ0) is 16.6. The van der Waals surface area contributed by atoms with Crippen molar-refractivity contribution in [2.24, 2.45) is 0 Å². The fraction of sp³-hybridized carbons (Fsp3) is 0.118. The first-order valence-corrected chi connectivity index (χ1v) is 6.96. The van der Waals surface area contributed by atoms with Crippen LogP contribution in [-0.4, -0.2) is 22.2 Å². The molecular formula is C17H14N2O4. The van der Waals surface area contributed by atoms with E-state index in [4.69, 9.17) is 4.74 Å². The Morgan fingerprint density at radius 2 is 2.00 bits per heavy atom. The minimum atomic E-state index is -0.537. The molecule has 2 heterocycles. The van der Waals surface area contributed by atoms with E-state index >= 15 is 0 Å². The van der Waals surface area contributed by atoms with Crippen LogP contribution in [0.3, 0.4) is 0 Å². The van der Waals surface area contributed by atoms with Crippen LogP contribution < -0.4 is 4.74 Å². The van der Waals surface area contributed by atoms with Gasteiger partial charge in [0.05, 0.1) is 17.7 Å². The van der Waals surface area contributed by atoms with Crippen molar-refractivity contribution in [1.82, 2.24) is 4.40 Å². The number of methoxy groups -OCH3 is 1. The molecule has 0 fully saturated rings. The quantitative estimate of drug-likeness (QED) is 0.420. The number of aryl methyl sites for hydroxylation is 1. The summed E-state index contributed by atoms with van der Waals surface area (Å²) in [4.78, 5) is 23.3. The molecule has 0 aliphatic rings. The zero-order valence-corrected chi connectivity index (χ0v) is 12.6. The third kappa shape index (κ3) is 2.44. The van der Waals surface area contributed by atoms with Gasteiger partial charge in [-0.3, -0.25) is 14.9 Å². The number of hydrogen-bond acceptors (Lipinski definition) is 4. The largest absolute Gasteiger partial charge is 0.490 e. The van der Waals surface area contributed by atoms with Crippen LogP contribution in [0.2, 0.25) is 0 Å². The minimum absolute atomic E-state index is 0.0689. The lowest BCUT2D eigenvalue weighted by atomic mass is 10.0. The molecule has 0 saturated heterocycles. The Morgan fingerprint density at radius 1 is 1.22 bits per heavy atom. The summed E-state index contributed by atoms with van der Waals surface area (Å²) >= 11 is 0. The topological polar surface area (TPSA) is 73.8 Å². The van der Waals surface area contributed by atoms with E-state index in [-0.39, 0.29) is 17.2 Å². The van der Waals surface area contributed by atoms with Crippen LogP contribution in [0.25, 0.3) is 5.52 Å². The van der Waals surface area contributed by atoms with Crippen LogP contribution in [0.5, 0.6) is 5.75 Å². The van der Waals surface area contributed by atoms with Crippen molar-refractivity contribution in [1.29, 1.82) is 0 Å². The average Bonchev–Trinajstić information content (AvgIpc) is 2.89. The monoisotopic (exact) mass is 310 g/mol. The second kappa shape index (κ2) is 5.57. The van der Waals surface area contributed by atoms with E-state index in [9.17, 15) is 14.9 Å². The molecule has 6 heteroatoms. The standard InChI is InChI=1S/C17H14N2O4/c1-11-9-13-5-3-4-8-18(13)16(11)17(20)12-6-7-14(19(21)22)15(10-12)23-2/h3-10H,1-2H3. The van der Waals surface area contributed by atoms with Crippen LogP contribution in [0, 0.1) is 17.0 Å². The minimum Gasteiger partial charge on any atom is -0.490 e. The number of nitrogens with zero attached hydrogens (tertiary/aromatic N) is 2. The number of ether oxygens (including phenoxy) is 1. The first kappa shape index (κ1) is 14.8. The highest BCUT2D eigenvalue weighted by atomic mass is 16.6. The molecule has 0 aliphatic heterocycles. The van der Waals surface area contributed by atoms with Crippen molar-refractivity contribution in [3.63, 3.8) is 0 Å². The predicted molar refractivity (Wildman–Crippen MR) is 85.2 cm³/mol. The van der Waals surface area contributed by atoms with E-state index in [0.717, 1.165) is 11.1 Å². The Bertz CT molecular complexity index is 927. The van der Waals surface area contributed by atoms with Gasteiger partial charge in [-0.25, -0.2) is 0 Å². The lowest BCUT2D eigenvalue weighted by molar-refractivity contribution is -0.385. The number of carbonyl (C=O) groups excluding carboxylic acids is 1. The van der Waals surface area contributed by atoms with Crippen molar-refractivity contribution in [2.75, 3.05) is 7.11 Å². The summed E-state index contributed by atoms with van der Waals surface area (Å²) in [6.07, 6.45) is 1.82. The molecule has 0 amide bonds. The van der Waals surface area contributed by atoms with Gasteiger partial charge in [0.25, 0.3) is 0 Å². The molecule has 116 valence electrons. The molecule has 0 aliphatic carbocycles. The molecule has 1 aromatic carbocycles. The molecule has 0 bridgehead atoms. The highest BCUT2D eigenvalue weighted by Crippen LogP contribution is 2.29. The van der Waals surface area contributed by atoms with Gasteiger partial charge < -0.3 is 9.14 Å². The SMILES string of the molecule is COc1cc(C(=O)c2c(C)cc3ccccn23)ccc1[N+](=O)[O-]. The van der Waals surface area contributed by atoms with Crippen LogP contribution in [0.4, 0.5) is 5.69 Å². The van der Waals surface area contributed by atoms with Gasteiger partial charge in [0.1, 0.15) is 0 Å². The second-order valence-electron chi connectivity index (χ2n) is 5.14. The fourth-order valence-corrected chi connectivity index (χ4v) is 2.65. The van der Waals surface area contributed by atoms with E-state index in [1.54, 1.807) is 0 Å². The molecule has 0 unspecified atom stereocenters. The van der Waals surface area contributed by atoms with Gasteiger partial charge in [-0.05, 0) is 42.8 Å². The molecule has 0 saturated carbocycles. The third-order valence-electron chi connectivity index (χ3n) is 3.72. The molecule has 2 aromatic heterocycles. The van der Waals surface area contributed by atoms with Gasteiger partial charge >= 0.3 is 5.69 Å². The van der Waals surface area contributed by atoms with E-state index in [1.165, 1.54) is 25.3 Å². The van der Waals surface area contributed by atoms with E-state index in [0.29, 0.717) is 11.3 Å². The Morgan fingerprint density at radius 3 is 2.70 bits per heavy atom. The third-order valence-corrected chi connectivity index (χ3v) is 3.72. The Labute approximate surface area is 132 Å². The number of nitro benzene ring substituents is 1. The number of benzene rings is 1. The lowest BCUT2D eigenvalue weighted by Gasteiger charge is -2.06. The summed E-state index contributed by atoms with van der Waals surface area (Å²) in [5.41, 5.74) is 2.48. The normalized spacial score (nSPS) is 10.7. The molecule has 3 aromatic rings. The maximum absolute atomic E-state index is 12.8. The summed E-state index contributed by atoms with van der Waals surface area (Å²) < 4.78 is 6.84. The number of aromatic nitrogens is 1. The highest BCUT2D eigenvalue weighted by molar-refractivity contribution is 6.10. The molecule has 0 radical (unpaired) electrons. The zero-order valence-electron chi connectivity index (χ0n) is 12.6. The van der Waals surface area contributed by atoms with Crippen LogP contribution in [0.15, 0.2) is 48.7 Å². The molecule has 3 rings (SSSR count). The van der Waals surface area contributed by atoms with Crippen molar-refractivity contribution in [3.05, 3.63) is 75.6 Å². The number of nitro groups is 1. The number of pyridine rings is 1. The highest BCUT2D eigenvalue weighted by Gasteiger charge is 2.21. The summed E-state index contributed by atoms with van der Waals surface area (Å²) in [6.45, 7) is 1.86. The Kier molecular flexibility index (Phi) is 3.57. The van der Waals surface area contributed by atoms with Gasteiger partial charge in [-0.2, -0.15) is 0 Å². The molecule has 6 nitrogen and oxygen atoms in total. The first-order valence-electron chi connectivity index (χ1n) is 6.96. The maximum Gasteiger partial charge on any atom is 0.310 e. The van der Waals surface area contributed by atoms with Crippen molar-refractivity contribution in [2.45, 2.75) is 6.92 Å². The van der Waals surface area contributed by atoms with Gasteiger partial charge in [-0.15, -0.1) is 0 Å². The van der Waals surface area contributed by atoms with E-state index < -0.39 is 4.92 Å².